The molecule has 4 nitrogen and oxygen atoms in total. The Morgan fingerprint density at radius 2 is 1.84 bits per heavy atom. The fraction of sp³-hybridized carbons (Fsp3) is 0.733. The molecule has 0 N–H and O–H groups in total. The summed E-state index contributed by atoms with van der Waals surface area (Å²) in [4.78, 5) is 25.0. The van der Waals surface area contributed by atoms with E-state index in [1.165, 1.54) is 0 Å². The molecule has 0 radical (unpaired) electrons. The maximum absolute atomic E-state index is 12.6. The molecular weight excluding hydrogens is 244 g/mol. The molecular formula is C15H18O4. The zero-order chi connectivity index (χ0) is 13.1. The molecule has 0 aromatic heterocycles. The molecule has 2 bridgehead atoms. The molecule has 2 unspecified atom stereocenters. The highest BCUT2D eigenvalue weighted by Gasteiger charge is 2.60. The number of allylic oxidation sites excluding steroid dienone is 1. The van der Waals surface area contributed by atoms with Crippen molar-refractivity contribution in [2.75, 3.05) is 0 Å². The molecule has 1 heterocycles. The molecule has 102 valence electrons. The van der Waals surface area contributed by atoms with E-state index in [0.717, 1.165) is 38.5 Å². The second kappa shape index (κ2) is 3.62. The van der Waals surface area contributed by atoms with Crippen molar-refractivity contribution < 1.29 is 19.1 Å². The lowest BCUT2D eigenvalue weighted by atomic mass is 9.80. The highest BCUT2D eigenvalue weighted by atomic mass is 16.7. The predicted octanol–water partition coefficient (Wildman–Crippen LogP) is 2.47. The fourth-order valence-electron chi connectivity index (χ4n) is 4.23. The molecule has 4 heteroatoms. The quantitative estimate of drug-likeness (QED) is 0.629. The van der Waals surface area contributed by atoms with Gasteiger partial charge in [-0.05, 0) is 38.0 Å². The molecule has 3 aliphatic carbocycles. The van der Waals surface area contributed by atoms with Crippen molar-refractivity contribution in [2.45, 2.75) is 57.2 Å². The Kier molecular flexibility index (Phi) is 2.19. The Labute approximate surface area is 112 Å². The maximum atomic E-state index is 12.6. The van der Waals surface area contributed by atoms with Crippen LogP contribution in [0.2, 0.25) is 0 Å². The average Bonchev–Trinajstić information content (AvgIpc) is 2.96. The number of carbonyl (C=O) groups excluding carboxylic acids is 2. The second-order valence-electron chi connectivity index (χ2n) is 6.42. The van der Waals surface area contributed by atoms with Gasteiger partial charge in [-0.3, -0.25) is 4.79 Å². The molecule has 2 atom stereocenters. The van der Waals surface area contributed by atoms with Gasteiger partial charge < -0.3 is 9.47 Å². The van der Waals surface area contributed by atoms with Crippen LogP contribution in [-0.2, 0) is 19.1 Å². The summed E-state index contributed by atoms with van der Waals surface area (Å²) in [5.41, 5.74) is -0.0981. The first-order chi connectivity index (χ1) is 9.14. The number of fused-ring (bicyclic) bond motifs is 1. The van der Waals surface area contributed by atoms with Crippen molar-refractivity contribution in [1.29, 1.82) is 0 Å². The van der Waals surface area contributed by atoms with E-state index in [2.05, 4.69) is 0 Å². The summed E-state index contributed by atoms with van der Waals surface area (Å²) in [5, 5.41) is 0. The van der Waals surface area contributed by atoms with Crippen LogP contribution in [0.3, 0.4) is 0 Å². The third-order valence-electron chi connectivity index (χ3n) is 5.25. The van der Waals surface area contributed by atoms with Gasteiger partial charge in [0.1, 0.15) is 5.41 Å². The molecule has 3 fully saturated rings. The SMILES string of the molecule is O=C1OC2(CCCCC2)OC(=O)C23CCC(C=C12)C3. The van der Waals surface area contributed by atoms with Gasteiger partial charge >= 0.3 is 11.9 Å². The van der Waals surface area contributed by atoms with Gasteiger partial charge in [0.25, 0.3) is 5.79 Å². The minimum atomic E-state index is -0.968. The second-order valence-corrected chi connectivity index (χ2v) is 6.42. The van der Waals surface area contributed by atoms with Crippen molar-refractivity contribution in [2.24, 2.45) is 11.3 Å². The summed E-state index contributed by atoms with van der Waals surface area (Å²) in [5.74, 6) is -1.14. The topological polar surface area (TPSA) is 52.6 Å². The van der Waals surface area contributed by atoms with Crippen molar-refractivity contribution >= 4 is 11.9 Å². The van der Waals surface area contributed by atoms with Gasteiger partial charge in [-0.15, -0.1) is 0 Å². The molecule has 19 heavy (non-hydrogen) atoms. The zero-order valence-electron chi connectivity index (χ0n) is 10.9. The van der Waals surface area contributed by atoms with Gasteiger partial charge in [-0.25, -0.2) is 4.79 Å². The Morgan fingerprint density at radius 1 is 1.05 bits per heavy atom. The zero-order valence-corrected chi connectivity index (χ0v) is 10.9. The van der Waals surface area contributed by atoms with Crippen LogP contribution >= 0.6 is 0 Å². The molecule has 4 aliphatic rings. The van der Waals surface area contributed by atoms with Crippen LogP contribution in [0.25, 0.3) is 0 Å². The highest BCUT2D eigenvalue weighted by Crippen LogP contribution is 2.57. The standard InChI is InChI=1S/C15H18O4/c16-12-11-8-10-4-7-14(11,9-10)13(17)19-15(18-12)5-2-1-3-6-15/h8,10H,1-7,9H2. The Bertz CT molecular complexity index is 486. The molecule has 2 saturated carbocycles. The van der Waals surface area contributed by atoms with Crippen LogP contribution in [0.4, 0.5) is 0 Å². The number of hydrogen-bond donors (Lipinski definition) is 0. The van der Waals surface area contributed by atoms with Crippen LogP contribution in [0.5, 0.6) is 0 Å². The number of carbonyl (C=O) groups is 2. The van der Waals surface area contributed by atoms with Crippen molar-refractivity contribution in [1.82, 2.24) is 0 Å². The minimum absolute atomic E-state index is 0.216. The molecule has 1 aliphatic heterocycles. The number of ether oxygens (including phenoxy) is 2. The summed E-state index contributed by atoms with van der Waals surface area (Å²) in [6.07, 6.45) is 8.75. The van der Waals surface area contributed by atoms with Crippen molar-refractivity contribution in [3.63, 3.8) is 0 Å². The lowest BCUT2D eigenvalue weighted by Crippen LogP contribution is -2.41. The highest BCUT2D eigenvalue weighted by molar-refractivity contribution is 6.01. The summed E-state index contributed by atoms with van der Waals surface area (Å²) < 4.78 is 11.3. The van der Waals surface area contributed by atoms with E-state index in [1.54, 1.807) is 0 Å². The van der Waals surface area contributed by atoms with Crippen LogP contribution in [0.15, 0.2) is 11.6 Å². The molecule has 2 spiro atoms. The number of hydrogen-bond acceptors (Lipinski definition) is 4. The van der Waals surface area contributed by atoms with Crippen LogP contribution in [-0.4, -0.2) is 17.7 Å². The number of rotatable bonds is 0. The first-order valence-electron chi connectivity index (χ1n) is 7.33. The van der Waals surface area contributed by atoms with Gasteiger partial charge in [0.2, 0.25) is 0 Å². The van der Waals surface area contributed by atoms with Crippen molar-refractivity contribution in [3.8, 4) is 0 Å². The molecule has 0 aromatic rings. The Hall–Kier alpha value is -1.32. The van der Waals surface area contributed by atoms with Crippen LogP contribution < -0.4 is 0 Å². The van der Waals surface area contributed by atoms with Gasteiger partial charge in [-0.1, -0.05) is 12.5 Å². The van der Waals surface area contributed by atoms with Gasteiger partial charge in [-0.2, -0.15) is 0 Å². The lowest BCUT2D eigenvalue weighted by Gasteiger charge is -2.34. The first kappa shape index (κ1) is 11.5. The summed E-state index contributed by atoms with van der Waals surface area (Å²) in [6, 6.07) is 0. The third-order valence-corrected chi connectivity index (χ3v) is 5.25. The van der Waals surface area contributed by atoms with E-state index in [4.69, 9.17) is 9.47 Å². The van der Waals surface area contributed by atoms with Crippen molar-refractivity contribution in [3.05, 3.63) is 11.6 Å². The van der Waals surface area contributed by atoms with E-state index in [1.807, 2.05) is 6.08 Å². The lowest BCUT2D eigenvalue weighted by molar-refractivity contribution is -0.234. The monoisotopic (exact) mass is 262 g/mol. The van der Waals surface area contributed by atoms with Gasteiger partial charge in [0.15, 0.2) is 0 Å². The molecule has 1 saturated heterocycles. The van der Waals surface area contributed by atoms with E-state index in [0.29, 0.717) is 24.3 Å². The van der Waals surface area contributed by atoms with E-state index in [9.17, 15) is 9.59 Å². The Balaban J connectivity index is 1.74. The minimum Gasteiger partial charge on any atom is -0.422 e. The normalized spacial score (nSPS) is 39.4. The number of esters is 2. The molecule has 0 aromatic carbocycles. The fourth-order valence-corrected chi connectivity index (χ4v) is 4.23. The average molecular weight is 262 g/mol. The van der Waals surface area contributed by atoms with Crippen LogP contribution in [0, 0.1) is 11.3 Å². The third kappa shape index (κ3) is 1.46. The van der Waals surface area contributed by atoms with E-state index in [-0.39, 0.29) is 11.9 Å². The summed E-state index contributed by atoms with van der Waals surface area (Å²) in [7, 11) is 0. The predicted molar refractivity (Wildman–Crippen MR) is 65.9 cm³/mol. The van der Waals surface area contributed by atoms with Gasteiger partial charge in [0, 0.05) is 12.8 Å². The van der Waals surface area contributed by atoms with E-state index >= 15 is 0 Å². The summed E-state index contributed by atoms with van der Waals surface area (Å²) >= 11 is 0. The molecule has 0 amide bonds. The van der Waals surface area contributed by atoms with E-state index < -0.39 is 11.2 Å². The summed E-state index contributed by atoms with van der Waals surface area (Å²) in [6.45, 7) is 0. The first-order valence-corrected chi connectivity index (χ1v) is 7.33. The molecule has 4 rings (SSSR count). The van der Waals surface area contributed by atoms with Crippen LogP contribution in [0.1, 0.15) is 51.4 Å². The maximum Gasteiger partial charge on any atom is 0.338 e. The Morgan fingerprint density at radius 3 is 2.58 bits per heavy atom. The smallest absolute Gasteiger partial charge is 0.338 e. The largest absolute Gasteiger partial charge is 0.422 e. The van der Waals surface area contributed by atoms with Gasteiger partial charge in [0.05, 0.1) is 5.57 Å².